The molecule has 0 aliphatic heterocycles. The number of carbonyl (C=O) groups excluding carboxylic acids is 4. The number of amides is 4. The Hall–Kier alpha value is -4.72. The number of aromatic nitrogens is 3. The Morgan fingerprint density at radius 2 is 1.68 bits per heavy atom. The fourth-order valence-electron chi connectivity index (χ4n) is 4.35. The number of benzene rings is 1. The van der Waals surface area contributed by atoms with Gasteiger partial charge in [-0.2, -0.15) is 0 Å². The van der Waals surface area contributed by atoms with Crippen molar-refractivity contribution in [2.75, 3.05) is 0 Å². The predicted octanol–water partition coefficient (Wildman–Crippen LogP) is -0.536. The zero-order valence-electron chi connectivity index (χ0n) is 22.8. The molecule has 0 saturated carbocycles. The third kappa shape index (κ3) is 8.38. The van der Waals surface area contributed by atoms with Crippen molar-refractivity contribution in [2.24, 2.45) is 17.4 Å². The Labute approximate surface area is 236 Å². The molecule has 14 nitrogen and oxygen atoms in total. The van der Waals surface area contributed by atoms with Gasteiger partial charge in [0.05, 0.1) is 18.8 Å². The van der Waals surface area contributed by atoms with Crippen molar-refractivity contribution in [3.8, 4) is 0 Å². The highest BCUT2D eigenvalue weighted by molar-refractivity contribution is 5.95. The summed E-state index contributed by atoms with van der Waals surface area (Å²) in [6, 6.07) is 2.50. The summed E-state index contributed by atoms with van der Waals surface area (Å²) >= 11 is 0. The minimum absolute atomic E-state index is 0.00892. The quantitative estimate of drug-likeness (QED) is 0.118. The molecule has 0 bridgehead atoms. The molecule has 14 heteroatoms. The number of rotatable bonds is 15. The van der Waals surface area contributed by atoms with Crippen LogP contribution in [0.2, 0.25) is 0 Å². The monoisotopic (exact) mass is 568 g/mol. The van der Waals surface area contributed by atoms with Gasteiger partial charge in [0.1, 0.15) is 18.1 Å². The summed E-state index contributed by atoms with van der Waals surface area (Å²) in [6.45, 7) is 3.62. The average molecular weight is 569 g/mol. The maximum absolute atomic E-state index is 13.6. The second-order valence-corrected chi connectivity index (χ2v) is 9.95. The number of para-hydroxylation sites is 1. The zero-order valence-corrected chi connectivity index (χ0v) is 22.8. The van der Waals surface area contributed by atoms with Gasteiger partial charge in [0, 0.05) is 41.8 Å². The van der Waals surface area contributed by atoms with E-state index >= 15 is 0 Å². The molecule has 1 aromatic carbocycles. The van der Waals surface area contributed by atoms with Crippen LogP contribution >= 0.6 is 0 Å². The van der Waals surface area contributed by atoms with Gasteiger partial charge in [0.2, 0.25) is 23.6 Å². The molecule has 4 amide bonds. The molecule has 0 saturated heterocycles. The molecular weight excluding hydrogens is 532 g/mol. The number of nitrogens with two attached hydrogens (primary N) is 2. The lowest BCUT2D eigenvalue weighted by Gasteiger charge is -2.28. The summed E-state index contributed by atoms with van der Waals surface area (Å²) in [7, 11) is 0. The third-order valence-corrected chi connectivity index (χ3v) is 6.88. The number of carboxylic acids is 1. The molecule has 3 rings (SSSR count). The summed E-state index contributed by atoms with van der Waals surface area (Å²) in [5, 5.41) is 18.0. The number of nitrogens with zero attached hydrogens (tertiary/aromatic N) is 1. The van der Waals surface area contributed by atoms with Crippen LogP contribution in [0.15, 0.2) is 43.0 Å². The first-order chi connectivity index (χ1) is 19.5. The van der Waals surface area contributed by atoms with Crippen molar-refractivity contribution in [2.45, 2.75) is 63.7 Å². The van der Waals surface area contributed by atoms with E-state index in [0.29, 0.717) is 17.7 Å². The Morgan fingerprint density at radius 3 is 2.32 bits per heavy atom. The van der Waals surface area contributed by atoms with Crippen molar-refractivity contribution in [3.05, 3.63) is 54.2 Å². The number of carbonyl (C=O) groups is 5. The van der Waals surface area contributed by atoms with Crippen molar-refractivity contribution in [1.82, 2.24) is 30.9 Å². The minimum Gasteiger partial charge on any atom is -0.480 e. The highest BCUT2D eigenvalue weighted by atomic mass is 16.4. The average Bonchev–Trinajstić information content (AvgIpc) is 3.60. The first-order valence-electron chi connectivity index (χ1n) is 13.2. The van der Waals surface area contributed by atoms with E-state index in [9.17, 15) is 29.1 Å². The molecule has 0 radical (unpaired) electrons. The molecule has 41 heavy (non-hydrogen) atoms. The molecule has 5 unspecified atom stereocenters. The summed E-state index contributed by atoms with van der Waals surface area (Å²) in [5.74, 6) is -4.75. The second kappa shape index (κ2) is 14.1. The van der Waals surface area contributed by atoms with E-state index in [1.54, 1.807) is 19.3 Å². The predicted molar refractivity (Wildman–Crippen MR) is 149 cm³/mol. The van der Waals surface area contributed by atoms with Crippen molar-refractivity contribution >= 4 is 40.5 Å². The lowest BCUT2D eigenvalue weighted by molar-refractivity contribution is -0.143. The fraction of sp³-hybridized carbons (Fsp3) is 0.407. The number of imidazole rings is 1. The van der Waals surface area contributed by atoms with Gasteiger partial charge in [-0.05, 0) is 17.5 Å². The largest absolute Gasteiger partial charge is 0.480 e. The van der Waals surface area contributed by atoms with E-state index in [1.165, 1.54) is 6.33 Å². The number of primary amides is 1. The summed E-state index contributed by atoms with van der Waals surface area (Å²) in [6.07, 6.45) is 4.75. The summed E-state index contributed by atoms with van der Waals surface area (Å²) in [4.78, 5) is 72.7. The van der Waals surface area contributed by atoms with Crippen molar-refractivity contribution < 1.29 is 29.1 Å². The molecule has 3 aromatic rings. The van der Waals surface area contributed by atoms with E-state index in [0.717, 1.165) is 10.9 Å². The van der Waals surface area contributed by atoms with Crippen LogP contribution in [0.4, 0.5) is 0 Å². The number of nitrogens with one attached hydrogen (secondary N) is 5. The lowest BCUT2D eigenvalue weighted by atomic mass is 9.96. The number of hydrogen-bond acceptors (Lipinski definition) is 7. The Kier molecular flexibility index (Phi) is 10.6. The fourth-order valence-corrected chi connectivity index (χ4v) is 4.35. The highest BCUT2D eigenvalue weighted by Gasteiger charge is 2.33. The summed E-state index contributed by atoms with van der Waals surface area (Å²) < 4.78 is 0. The maximum atomic E-state index is 13.6. The Bertz CT molecular complexity index is 1370. The highest BCUT2D eigenvalue weighted by Crippen LogP contribution is 2.20. The van der Waals surface area contributed by atoms with E-state index in [2.05, 4.69) is 30.9 Å². The summed E-state index contributed by atoms with van der Waals surface area (Å²) in [5.41, 5.74) is 13.4. The number of fused-ring (bicyclic) bond motifs is 1. The molecule has 0 aliphatic carbocycles. The first-order valence-corrected chi connectivity index (χ1v) is 13.2. The molecule has 5 atom stereocenters. The number of aromatic amines is 2. The molecule has 10 N–H and O–H groups in total. The van der Waals surface area contributed by atoms with Crippen LogP contribution in [0.3, 0.4) is 0 Å². The zero-order chi connectivity index (χ0) is 30.1. The van der Waals surface area contributed by atoms with E-state index in [-0.39, 0.29) is 18.8 Å². The lowest BCUT2D eigenvalue weighted by Crippen LogP contribution is -2.59. The van der Waals surface area contributed by atoms with Crippen LogP contribution < -0.4 is 27.4 Å². The number of H-pyrrole nitrogens is 2. The van der Waals surface area contributed by atoms with Crippen LogP contribution in [0.5, 0.6) is 0 Å². The van der Waals surface area contributed by atoms with Gasteiger partial charge in [-0.3, -0.25) is 19.2 Å². The number of aliphatic carboxylic acids is 1. The van der Waals surface area contributed by atoms with Gasteiger partial charge in [0.25, 0.3) is 0 Å². The maximum Gasteiger partial charge on any atom is 0.326 e. The molecule has 0 fully saturated rings. The third-order valence-electron chi connectivity index (χ3n) is 6.88. The normalized spacial score (nSPS) is 14.8. The second-order valence-electron chi connectivity index (χ2n) is 9.95. The topological polar surface area (TPSA) is 238 Å². The molecule has 0 spiro atoms. The number of carboxylic acid groups (broad SMARTS) is 1. The van der Waals surface area contributed by atoms with Gasteiger partial charge < -0.3 is 42.5 Å². The van der Waals surface area contributed by atoms with E-state index in [4.69, 9.17) is 11.5 Å². The van der Waals surface area contributed by atoms with Crippen LogP contribution in [0.25, 0.3) is 10.9 Å². The standard InChI is InChI=1S/C27H36N8O6/c1-3-14(2)23(35-24(37)18(28)9-16-12-30-13-32-16)26(39)33-20(25(38)34-21(27(40)41)10-22(29)36)8-15-11-31-19-7-5-4-6-17(15)19/h4-7,11-14,18,20-21,23,31H,3,8-10,28H2,1-2H3,(H2,29,36)(H,30,32)(H,33,39)(H,34,38)(H,35,37)(H,40,41). The first kappa shape index (κ1) is 30.8. The van der Waals surface area contributed by atoms with Crippen LogP contribution in [0, 0.1) is 5.92 Å². The molecule has 2 aromatic heterocycles. The Morgan fingerprint density at radius 1 is 0.976 bits per heavy atom. The van der Waals surface area contributed by atoms with Gasteiger partial charge >= 0.3 is 5.97 Å². The molecule has 220 valence electrons. The van der Waals surface area contributed by atoms with E-state index < -0.39 is 60.2 Å². The van der Waals surface area contributed by atoms with Gasteiger partial charge in [-0.1, -0.05) is 38.5 Å². The van der Waals surface area contributed by atoms with Crippen molar-refractivity contribution in [1.29, 1.82) is 0 Å². The number of hydrogen-bond donors (Lipinski definition) is 8. The smallest absolute Gasteiger partial charge is 0.326 e. The SMILES string of the molecule is CCC(C)C(NC(=O)C(N)Cc1cnc[nH]1)C(=O)NC(Cc1c[nH]c2ccccc12)C(=O)NC(CC(N)=O)C(=O)O. The van der Waals surface area contributed by atoms with Crippen LogP contribution in [-0.2, 0) is 36.8 Å². The van der Waals surface area contributed by atoms with Crippen LogP contribution in [0.1, 0.15) is 37.9 Å². The Balaban J connectivity index is 1.84. The molecule has 0 aliphatic rings. The van der Waals surface area contributed by atoms with Crippen LogP contribution in [-0.4, -0.2) is 73.8 Å². The van der Waals surface area contributed by atoms with Crippen molar-refractivity contribution in [3.63, 3.8) is 0 Å². The molecular formula is C27H36N8O6. The van der Waals surface area contributed by atoms with Gasteiger partial charge in [-0.25, -0.2) is 9.78 Å². The van der Waals surface area contributed by atoms with E-state index in [1.807, 2.05) is 31.2 Å². The minimum atomic E-state index is -1.59. The van der Waals surface area contributed by atoms with Gasteiger partial charge in [0.15, 0.2) is 0 Å². The molecule has 2 heterocycles. The van der Waals surface area contributed by atoms with Gasteiger partial charge in [-0.15, -0.1) is 0 Å².